The summed E-state index contributed by atoms with van der Waals surface area (Å²) in [7, 11) is 0. The molecule has 1 unspecified atom stereocenters. The van der Waals surface area contributed by atoms with Gasteiger partial charge in [-0.2, -0.15) is 5.26 Å². The van der Waals surface area contributed by atoms with E-state index in [1.54, 1.807) is 13.0 Å². The molecular formula is C13H20N4O. The molecular weight excluding hydrogens is 228 g/mol. The third-order valence-electron chi connectivity index (χ3n) is 2.53. The maximum Gasteiger partial charge on any atom is 0.149 e. The van der Waals surface area contributed by atoms with Gasteiger partial charge in [0.15, 0.2) is 0 Å². The van der Waals surface area contributed by atoms with Crippen molar-refractivity contribution in [2.45, 2.75) is 32.8 Å². The SMILES string of the molecule is CC(C)CC(C)(O)CNc1ncc(C#N)cc1N. The van der Waals surface area contributed by atoms with Crippen LogP contribution < -0.4 is 11.1 Å². The van der Waals surface area contributed by atoms with Gasteiger partial charge in [0.05, 0.1) is 16.9 Å². The molecule has 5 heteroatoms. The maximum absolute atomic E-state index is 10.2. The molecule has 0 radical (unpaired) electrons. The molecule has 1 heterocycles. The lowest BCUT2D eigenvalue weighted by molar-refractivity contribution is 0.0515. The summed E-state index contributed by atoms with van der Waals surface area (Å²) in [6, 6.07) is 3.54. The van der Waals surface area contributed by atoms with Gasteiger partial charge in [-0.1, -0.05) is 13.8 Å². The van der Waals surface area contributed by atoms with E-state index in [1.165, 1.54) is 6.20 Å². The van der Waals surface area contributed by atoms with Crippen LogP contribution in [0.3, 0.4) is 0 Å². The predicted octanol–water partition coefficient (Wildman–Crippen LogP) is 1.74. The van der Waals surface area contributed by atoms with Crippen molar-refractivity contribution in [3.63, 3.8) is 0 Å². The molecule has 0 aliphatic rings. The Morgan fingerprint density at radius 2 is 2.28 bits per heavy atom. The van der Waals surface area contributed by atoms with Crippen LogP contribution in [-0.2, 0) is 0 Å². The molecule has 4 N–H and O–H groups in total. The Kier molecular flexibility index (Phi) is 4.51. The molecule has 0 saturated carbocycles. The summed E-state index contributed by atoms with van der Waals surface area (Å²) in [5.41, 5.74) is 5.80. The zero-order valence-corrected chi connectivity index (χ0v) is 11.1. The number of aliphatic hydroxyl groups is 1. The van der Waals surface area contributed by atoms with Crippen molar-refractivity contribution >= 4 is 11.5 Å². The first-order valence-corrected chi connectivity index (χ1v) is 5.96. The van der Waals surface area contributed by atoms with Gasteiger partial charge in [-0.3, -0.25) is 0 Å². The van der Waals surface area contributed by atoms with E-state index < -0.39 is 5.60 Å². The van der Waals surface area contributed by atoms with Crippen molar-refractivity contribution in [1.29, 1.82) is 5.26 Å². The minimum absolute atomic E-state index is 0.369. The number of hydrogen-bond acceptors (Lipinski definition) is 5. The Labute approximate surface area is 108 Å². The number of nitrogen functional groups attached to an aromatic ring is 1. The highest BCUT2D eigenvalue weighted by Crippen LogP contribution is 2.20. The van der Waals surface area contributed by atoms with Crippen LogP contribution in [0.15, 0.2) is 12.3 Å². The zero-order chi connectivity index (χ0) is 13.8. The second-order valence-corrected chi connectivity index (χ2v) is 5.22. The Hall–Kier alpha value is -1.80. The number of nitrogens with two attached hydrogens (primary N) is 1. The highest BCUT2D eigenvalue weighted by atomic mass is 16.3. The Morgan fingerprint density at radius 1 is 1.61 bits per heavy atom. The number of aromatic nitrogens is 1. The first-order chi connectivity index (χ1) is 8.34. The average Bonchev–Trinajstić information content (AvgIpc) is 2.25. The number of nitrogens with zero attached hydrogens (tertiary/aromatic N) is 2. The highest BCUT2D eigenvalue weighted by Gasteiger charge is 2.22. The number of rotatable bonds is 5. The van der Waals surface area contributed by atoms with Crippen molar-refractivity contribution in [3.8, 4) is 6.07 Å². The average molecular weight is 248 g/mol. The maximum atomic E-state index is 10.2. The van der Waals surface area contributed by atoms with Crippen LogP contribution in [0.25, 0.3) is 0 Å². The minimum Gasteiger partial charge on any atom is -0.396 e. The number of nitriles is 1. The fraction of sp³-hybridized carbons (Fsp3) is 0.538. The normalized spacial score (nSPS) is 14.0. The third-order valence-corrected chi connectivity index (χ3v) is 2.53. The van der Waals surface area contributed by atoms with Crippen LogP contribution in [0.2, 0.25) is 0 Å². The lowest BCUT2D eigenvalue weighted by Crippen LogP contribution is -2.35. The van der Waals surface area contributed by atoms with Crippen LogP contribution in [0.4, 0.5) is 11.5 Å². The first-order valence-electron chi connectivity index (χ1n) is 5.96. The first kappa shape index (κ1) is 14.3. The Balaban J connectivity index is 2.67. The second kappa shape index (κ2) is 5.69. The summed E-state index contributed by atoms with van der Waals surface area (Å²) in [6.07, 6.45) is 2.14. The molecule has 0 amide bonds. The predicted molar refractivity (Wildman–Crippen MR) is 71.9 cm³/mol. The molecule has 0 saturated heterocycles. The van der Waals surface area contributed by atoms with Crippen molar-refractivity contribution < 1.29 is 5.11 Å². The monoisotopic (exact) mass is 248 g/mol. The molecule has 0 fully saturated rings. The third kappa shape index (κ3) is 4.22. The summed E-state index contributed by atoms with van der Waals surface area (Å²) in [6.45, 7) is 6.26. The summed E-state index contributed by atoms with van der Waals surface area (Å²) in [5.74, 6) is 0.908. The summed E-state index contributed by atoms with van der Waals surface area (Å²) in [4.78, 5) is 4.06. The van der Waals surface area contributed by atoms with Gasteiger partial charge in [0.25, 0.3) is 0 Å². The molecule has 1 atom stereocenters. The summed E-state index contributed by atoms with van der Waals surface area (Å²) < 4.78 is 0. The molecule has 1 rings (SSSR count). The summed E-state index contributed by atoms with van der Waals surface area (Å²) >= 11 is 0. The van der Waals surface area contributed by atoms with Gasteiger partial charge in [0, 0.05) is 12.7 Å². The van der Waals surface area contributed by atoms with Gasteiger partial charge in [-0.15, -0.1) is 0 Å². The van der Waals surface area contributed by atoms with Crippen molar-refractivity contribution in [2.75, 3.05) is 17.6 Å². The van der Waals surface area contributed by atoms with E-state index in [4.69, 9.17) is 11.0 Å². The Bertz CT molecular complexity index is 449. The van der Waals surface area contributed by atoms with Gasteiger partial charge in [-0.05, 0) is 25.3 Å². The smallest absolute Gasteiger partial charge is 0.149 e. The van der Waals surface area contributed by atoms with Crippen LogP contribution in [-0.4, -0.2) is 22.2 Å². The number of pyridine rings is 1. The van der Waals surface area contributed by atoms with E-state index in [0.717, 1.165) is 0 Å². The van der Waals surface area contributed by atoms with Crippen LogP contribution >= 0.6 is 0 Å². The van der Waals surface area contributed by atoms with Crippen LogP contribution in [0.1, 0.15) is 32.8 Å². The van der Waals surface area contributed by atoms with Crippen molar-refractivity contribution in [1.82, 2.24) is 4.98 Å². The molecule has 0 bridgehead atoms. The van der Waals surface area contributed by atoms with E-state index in [1.807, 2.05) is 6.07 Å². The molecule has 0 aromatic carbocycles. The summed E-state index contributed by atoms with van der Waals surface area (Å²) in [5, 5.41) is 21.9. The molecule has 18 heavy (non-hydrogen) atoms. The fourth-order valence-electron chi connectivity index (χ4n) is 1.92. The van der Waals surface area contributed by atoms with Gasteiger partial charge < -0.3 is 16.2 Å². The molecule has 0 aliphatic heterocycles. The molecule has 5 nitrogen and oxygen atoms in total. The van der Waals surface area contributed by atoms with Crippen molar-refractivity contribution in [2.24, 2.45) is 5.92 Å². The van der Waals surface area contributed by atoms with E-state index in [9.17, 15) is 5.11 Å². The van der Waals surface area contributed by atoms with E-state index in [0.29, 0.717) is 36.0 Å². The topological polar surface area (TPSA) is 95.0 Å². The van der Waals surface area contributed by atoms with Crippen LogP contribution in [0.5, 0.6) is 0 Å². The molecule has 98 valence electrons. The van der Waals surface area contributed by atoms with Gasteiger partial charge >= 0.3 is 0 Å². The molecule has 0 aliphatic carbocycles. The number of hydrogen-bond donors (Lipinski definition) is 3. The fourth-order valence-corrected chi connectivity index (χ4v) is 1.92. The highest BCUT2D eigenvalue weighted by molar-refractivity contribution is 5.63. The quantitative estimate of drug-likeness (QED) is 0.737. The minimum atomic E-state index is -0.809. The number of anilines is 2. The number of nitrogens with one attached hydrogen (secondary N) is 1. The molecule has 1 aromatic rings. The molecule has 0 spiro atoms. The lowest BCUT2D eigenvalue weighted by atomic mass is 9.94. The zero-order valence-electron chi connectivity index (χ0n) is 11.1. The van der Waals surface area contributed by atoms with Crippen LogP contribution in [0, 0.1) is 17.2 Å². The van der Waals surface area contributed by atoms with Gasteiger partial charge in [-0.25, -0.2) is 4.98 Å². The van der Waals surface area contributed by atoms with Gasteiger partial charge in [0.1, 0.15) is 11.9 Å². The lowest BCUT2D eigenvalue weighted by Gasteiger charge is -2.26. The standard InChI is InChI=1S/C13H20N4O/c1-9(2)5-13(3,18)8-17-12-11(15)4-10(6-14)7-16-12/h4,7,9,18H,5,8,15H2,1-3H3,(H,16,17). The largest absolute Gasteiger partial charge is 0.396 e. The van der Waals surface area contributed by atoms with Crippen molar-refractivity contribution in [3.05, 3.63) is 17.8 Å². The van der Waals surface area contributed by atoms with E-state index in [2.05, 4.69) is 24.1 Å². The van der Waals surface area contributed by atoms with Gasteiger partial charge in [0.2, 0.25) is 0 Å². The van der Waals surface area contributed by atoms with E-state index >= 15 is 0 Å². The molecule has 1 aromatic heterocycles. The van der Waals surface area contributed by atoms with E-state index in [-0.39, 0.29) is 0 Å². The second-order valence-electron chi connectivity index (χ2n) is 5.22. The Morgan fingerprint density at radius 3 is 2.78 bits per heavy atom.